The number of nitrogens with one attached hydrogen (secondary N) is 2. The Morgan fingerprint density at radius 1 is 1.32 bits per heavy atom. The van der Waals surface area contributed by atoms with Crippen molar-refractivity contribution in [1.29, 1.82) is 0 Å². The smallest absolute Gasteiger partial charge is 0.407 e. The molecule has 3 aliphatic rings. The van der Waals surface area contributed by atoms with E-state index in [-0.39, 0.29) is 60.2 Å². The Bertz CT molecular complexity index is 1230. The largest absolute Gasteiger partial charge is 0.443 e. The van der Waals surface area contributed by atoms with Crippen LogP contribution in [-0.2, 0) is 27.4 Å². The van der Waals surface area contributed by atoms with E-state index >= 15 is 4.39 Å². The lowest BCUT2D eigenvalue weighted by Gasteiger charge is -2.29. The van der Waals surface area contributed by atoms with Crippen LogP contribution in [-0.4, -0.2) is 41.4 Å². The fourth-order valence-electron chi connectivity index (χ4n) is 4.90. The van der Waals surface area contributed by atoms with Crippen molar-refractivity contribution >= 4 is 35.4 Å². The zero-order chi connectivity index (χ0) is 26.9. The summed E-state index contributed by atoms with van der Waals surface area (Å²) < 4.78 is 20.4. The molecule has 0 spiro atoms. The second kappa shape index (κ2) is 10.8. The van der Waals surface area contributed by atoms with E-state index < -0.39 is 35.7 Å². The van der Waals surface area contributed by atoms with Gasteiger partial charge in [-0.2, -0.15) is 0 Å². The first-order valence-corrected chi connectivity index (χ1v) is 12.4. The predicted octanol–water partition coefficient (Wildman–Crippen LogP) is 2.34. The lowest BCUT2D eigenvalue weighted by atomic mass is 9.86. The van der Waals surface area contributed by atoms with Crippen molar-refractivity contribution < 1.29 is 28.3 Å². The number of allylic oxidation sites excluding steroid dienone is 3. The maximum absolute atomic E-state index is 15.3. The van der Waals surface area contributed by atoms with Gasteiger partial charge in [-0.25, -0.2) is 9.18 Å². The molecule has 0 aromatic heterocycles. The number of carbonyl (C=O) groups is 4. The van der Waals surface area contributed by atoms with Gasteiger partial charge in [-0.1, -0.05) is 18.5 Å². The van der Waals surface area contributed by atoms with E-state index in [1.54, 1.807) is 6.08 Å². The number of amides is 4. The number of piperidine rings is 1. The molecule has 2 unspecified atom stereocenters. The first-order valence-electron chi connectivity index (χ1n) is 12.1. The van der Waals surface area contributed by atoms with Crippen molar-refractivity contribution in [1.82, 2.24) is 15.5 Å². The summed E-state index contributed by atoms with van der Waals surface area (Å²) >= 11 is 6.33. The first kappa shape index (κ1) is 26.5. The zero-order valence-electron chi connectivity index (χ0n) is 20.4. The number of hydrogen-bond donors (Lipinski definition) is 4. The molecule has 10 nitrogen and oxygen atoms in total. The summed E-state index contributed by atoms with van der Waals surface area (Å²) in [6.45, 7) is 1.53. The minimum absolute atomic E-state index is 0.0170. The molecule has 0 saturated carbocycles. The van der Waals surface area contributed by atoms with Gasteiger partial charge in [0.15, 0.2) is 0 Å². The van der Waals surface area contributed by atoms with Gasteiger partial charge < -0.3 is 26.4 Å². The van der Waals surface area contributed by atoms with E-state index in [9.17, 15) is 19.2 Å². The number of imide groups is 1. The zero-order valence-corrected chi connectivity index (χ0v) is 21.1. The molecule has 12 heteroatoms. The standard InChI is InChI=1S/C25H29ClFN5O5/c1-12-3-2-4-18(29)15(12)8-14(28)11-37-25(36)30-9-13-7-17(26)16-10-32(24(35)21(16)22(13)27)19-5-6-20(33)31-23(19)34/h7-8,12,19H,2-6,9-11,28-29H2,1H3,(H,30,36)(H,31,33,34)/b14-8-. The van der Waals surface area contributed by atoms with Crippen molar-refractivity contribution in [2.75, 3.05) is 6.61 Å². The molecule has 2 aliphatic heterocycles. The lowest BCUT2D eigenvalue weighted by Crippen LogP contribution is -2.52. The van der Waals surface area contributed by atoms with Crippen LogP contribution in [0.15, 0.2) is 29.1 Å². The van der Waals surface area contributed by atoms with Gasteiger partial charge in [-0.05, 0) is 49.3 Å². The maximum atomic E-state index is 15.3. The summed E-state index contributed by atoms with van der Waals surface area (Å²) in [5.74, 6) is -2.30. The third kappa shape index (κ3) is 5.56. The quantitative estimate of drug-likeness (QED) is 0.409. The van der Waals surface area contributed by atoms with Crippen LogP contribution in [0.5, 0.6) is 0 Å². The molecule has 1 aromatic rings. The molecule has 4 amide bonds. The van der Waals surface area contributed by atoms with Gasteiger partial charge in [-0.15, -0.1) is 0 Å². The van der Waals surface area contributed by atoms with Crippen LogP contribution >= 0.6 is 11.6 Å². The van der Waals surface area contributed by atoms with Gasteiger partial charge in [0.25, 0.3) is 5.91 Å². The van der Waals surface area contributed by atoms with Crippen LogP contribution in [0.1, 0.15) is 60.5 Å². The highest BCUT2D eigenvalue weighted by molar-refractivity contribution is 6.32. The molecule has 6 N–H and O–H groups in total. The molecule has 1 aliphatic carbocycles. The first-order chi connectivity index (χ1) is 17.6. The fourth-order valence-corrected chi connectivity index (χ4v) is 5.18. The molecular formula is C25H29ClFN5O5. The van der Waals surface area contributed by atoms with Gasteiger partial charge in [-0.3, -0.25) is 19.7 Å². The number of benzene rings is 1. The Kier molecular flexibility index (Phi) is 7.72. The maximum Gasteiger partial charge on any atom is 0.407 e. The Labute approximate surface area is 218 Å². The molecule has 2 atom stereocenters. The summed E-state index contributed by atoms with van der Waals surface area (Å²) in [4.78, 5) is 50.1. The van der Waals surface area contributed by atoms with Crippen molar-refractivity contribution in [2.45, 2.75) is 58.2 Å². The Balaban J connectivity index is 1.38. The number of carbonyl (C=O) groups excluding carboxylic acids is 4. The molecule has 198 valence electrons. The average molecular weight is 534 g/mol. The van der Waals surface area contributed by atoms with Crippen molar-refractivity contribution in [3.8, 4) is 0 Å². The summed E-state index contributed by atoms with van der Waals surface area (Å²) in [6, 6.07) is 0.427. The van der Waals surface area contributed by atoms with E-state index in [0.29, 0.717) is 5.70 Å². The number of rotatable bonds is 6. The van der Waals surface area contributed by atoms with E-state index in [1.165, 1.54) is 11.0 Å². The summed E-state index contributed by atoms with van der Waals surface area (Å²) in [5, 5.41) is 4.75. The Morgan fingerprint density at radius 2 is 2.08 bits per heavy atom. The van der Waals surface area contributed by atoms with Crippen LogP contribution < -0.4 is 22.1 Å². The number of ether oxygens (including phenoxy) is 1. The molecule has 1 fully saturated rings. The van der Waals surface area contributed by atoms with E-state index in [1.807, 2.05) is 0 Å². The predicted molar refractivity (Wildman–Crippen MR) is 132 cm³/mol. The summed E-state index contributed by atoms with van der Waals surface area (Å²) in [6.07, 6.45) is 3.94. The van der Waals surface area contributed by atoms with Crippen molar-refractivity contribution in [3.63, 3.8) is 0 Å². The van der Waals surface area contributed by atoms with Gasteiger partial charge in [0.2, 0.25) is 11.8 Å². The highest BCUT2D eigenvalue weighted by atomic mass is 35.5. The van der Waals surface area contributed by atoms with Crippen LogP contribution in [0, 0.1) is 11.7 Å². The molecule has 4 rings (SSSR count). The van der Waals surface area contributed by atoms with Crippen LogP contribution in [0.4, 0.5) is 9.18 Å². The normalized spacial score (nSPS) is 22.2. The Hall–Kier alpha value is -3.60. The molecule has 1 saturated heterocycles. The Morgan fingerprint density at radius 3 is 2.78 bits per heavy atom. The number of fused-ring (bicyclic) bond motifs is 1. The monoisotopic (exact) mass is 533 g/mol. The van der Waals surface area contributed by atoms with Gasteiger partial charge in [0.05, 0.1) is 5.56 Å². The fraction of sp³-hybridized carbons (Fsp3) is 0.440. The highest BCUT2D eigenvalue weighted by Crippen LogP contribution is 2.35. The molecule has 0 radical (unpaired) electrons. The molecule has 0 bridgehead atoms. The SMILES string of the molecule is CC1CCCC(N)=C1/C=C(\N)COC(=O)NCc1cc(Cl)c2c(c1F)C(=O)N(C1CCC(=O)NC1=O)C2. The highest BCUT2D eigenvalue weighted by Gasteiger charge is 2.42. The molecule has 37 heavy (non-hydrogen) atoms. The second-order valence-corrected chi connectivity index (χ2v) is 9.91. The van der Waals surface area contributed by atoms with Crippen LogP contribution in [0.2, 0.25) is 5.02 Å². The number of hydrogen-bond acceptors (Lipinski definition) is 7. The van der Waals surface area contributed by atoms with Crippen LogP contribution in [0.3, 0.4) is 0 Å². The minimum Gasteiger partial charge on any atom is -0.443 e. The third-order valence-corrected chi connectivity index (χ3v) is 7.24. The number of halogens is 2. The second-order valence-electron chi connectivity index (χ2n) is 9.51. The van der Waals surface area contributed by atoms with Gasteiger partial charge in [0, 0.05) is 47.1 Å². The minimum atomic E-state index is -0.897. The van der Waals surface area contributed by atoms with E-state index in [0.717, 1.165) is 30.5 Å². The van der Waals surface area contributed by atoms with Crippen molar-refractivity contribution in [2.24, 2.45) is 17.4 Å². The number of alkyl carbamates (subject to hydrolysis) is 1. The van der Waals surface area contributed by atoms with Crippen LogP contribution in [0.25, 0.3) is 0 Å². The topological polar surface area (TPSA) is 157 Å². The van der Waals surface area contributed by atoms with E-state index in [4.69, 9.17) is 27.8 Å². The summed E-state index contributed by atoms with van der Waals surface area (Å²) in [5.41, 5.74) is 14.1. The average Bonchev–Trinajstić information content (AvgIpc) is 3.19. The molecule has 2 heterocycles. The van der Waals surface area contributed by atoms with E-state index in [2.05, 4.69) is 17.6 Å². The number of nitrogens with zero attached hydrogens (tertiary/aromatic N) is 1. The molecule has 1 aromatic carbocycles. The van der Waals surface area contributed by atoms with Gasteiger partial charge in [0.1, 0.15) is 18.5 Å². The number of nitrogens with two attached hydrogens (primary N) is 2. The van der Waals surface area contributed by atoms with Gasteiger partial charge >= 0.3 is 6.09 Å². The third-order valence-electron chi connectivity index (χ3n) is 6.90. The van der Waals surface area contributed by atoms with Crippen molar-refractivity contribution in [3.05, 3.63) is 56.6 Å². The molecular weight excluding hydrogens is 505 g/mol. The summed E-state index contributed by atoms with van der Waals surface area (Å²) in [7, 11) is 0. The lowest BCUT2D eigenvalue weighted by molar-refractivity contribution is -0.136.